The fourth-order valence-electron chi connectivity index (χ4n) is 3.11. The zero-order valence-electron chi connectivity index (χ0n) is 15.4. The van der Waals surface area contributed by atoms with E-state index in [1.807, 2.05) is 19.3 Å². The summed E-state index contributed by atoms with van der Waals surface area (Å²) in [6.07, 6.45) is 5.48. The summed E-state index contributed by atoms with van der Waals surface area (Å²) in [4.78, 5) is 15.5. The van der Waals surface area contributed by atoms with E-state index in [1.165, 1.54) is 5.56 Å². The molecule has 0 bridgehead atoms. The van der Waals surface area contributed by atoms with Gasteiger partial charge in [-0.2, -0.15) is 0 Å². The molecule has 1 saturated heterocycles. The first-order valence-electron chi connectivity index (χ1n) is 8.89. The van der Waals surface area contributed by atoms with Gasteiger partial charge in [-0.25, -0.2) is 4.98 Å². The lowest BCUT2D eigenvalue weighted by Gasteiger charge is -2.36. The van der Waals surface area contributed by atoms with Crippen molar-refractivity contribution < 1.29 is 4.74 Å². The number of anilines is 2. The maximum atomic E-state index is 6.26. The Balaban J connectivity index is 1.51. The predicted octanol–water partition coefficient (Wildman–Crippen LogP) is 2.53. The van der Waals surface area contributed by atoms with Crippen molar-refractivity contribution >= 4 is 23.1 Å². The molecule has 3 rings (SSSR count). The first kappa shape index (κ1) is 18.9. The average molecular weight is 376 g/mol. The number of ether oxygens (including phenoxy) is 1. The summed E-state index contributed by atoms with van der Waals surface area (Å²) in [5.41, 5.74) is 2.32. The van der Waals surface area contributed by atoms with Gasteiger partial charge in [0.25, 0.3) is 0 Å². The molecule has 0 unspecified atom stereocenters. The SMILES string of the molecule is COCCN(C)c1ccc(CN2CCN(c3ccncc3Cl)CC2)cn1. The number of aromatic nitrogens is 2. The highest BCUT2D eigenvalue weighted by Gasteiger charge is 2.19. The van der Waals surface area contributed by atoms with Crippen molar-refractivity contribution in [2.24, 2.45) is 0 Å². The van der Waals surface area contributed by atoms with Crippen LogP contribution in [0.25, 0.3) is 0 Å². The Kier molecular flexibility index (Phi) is 6.66. The Bertz CT molecular complexity index is 689. The number of halogens is 1. The molecule has 0 N–H and O–H groups in total. The van der Waals surface area contributed by atoms with Crippen LogP contribution in [0.15, 0.2) is 36.8 Å². The normalized spacial score (nSPS) is 15.3. The summed E-state index contributed by atoms with van der Waals surface area (Å²) >= 11 is 6.26. The van der Waals surface area contributed by atoms with Crippen LogP contribution in [0.4, 0.5) is 11.5 Å². The van der Waals surface area contributed by atoms with Crippen LogP contribution in [-0.4, -0.2) is 68.4 Å². The van der Waals surface area contributed by atoms with E-state index in [1.54, 1.807) is 19.5 Å². The Morgan fingerprint density at radius 3 is 2.62 bits per heavy atom. The first-order valence-corrected chi connectivity index (χ1v) is 9.27. The summed E-state index contributed by atoms with van der Waals surface area (Å²) in [5.74, 6) is 0.975. The summed E-state index contributed by atoms with van der Waals surface area (Å²) in [7, 11) is 3.75. The van der Waals surface area contributed by atoms with Gasteiger partial charge in [0.2, 0.25) is 0 Å². The highest BCUT2D eigenvalue weighted by atomic mass is 35.5. The number of hydrogen-bond donors (Lipinski definition) is 0. The lowest BCUT2D eigenvalue weighted by atomic mass is 10.2. The monoisotopic (exact) mass is 375 g/mol. The molecule has 0 radical (unpaired) electrons. The van der Waals surface area contributed by atoms with E-state index in [0.717, 1.165) is 55.8 Å². The lowest BCUT2D eigenvalue weighted by Crippen LogP contribution is -2.46. The minimum Gasteiger partial charge on any atom is -0.383 e. The predicted molar refractivity (Wildman–Crippen MR) is 106 cm³/mol. The second-order valence-electron chi connectivity index (χ2n) is 6.53. The van der Waals surface area contributed by atoms with Crippen molar-refractivity contribution in [1.29, 1.82) is 0 Å². The molecule has 1 fully saturated rings. The Labute approximate surface area is 160 Å². The third kappa shape index (κ3) is 4.84. The largest absolute Gasteiger partial charge is 0.383 e. The third-order valence-corrected chi connectivity index (χ3v) is 4.99. The quantitative estimate of drug-likeness (QED) is 0.741. The maximum Gasteiger partial charge on any atom is 0.128 e. The van der Waals surface area contributed by atoms with E-state index in [2.05, 4.69) is 36.8 Å². The van der Waals surface area contributed by atoms with E-state index in [-0.39, 0.29) is 0 Å². The fourth-order valence-corrected chi connectivity index (χ4v) is 3.35. The molecule has 0 saturated carbocycles. The van der Waals surface area contributed by atoms with Crippen LogP contribution in [-0.2, 0) is 11.3 Å². The smallest absolute Gasteiger partial charge is 0.128 e. The number of likely N-dealkylation sites (N-methyl/N-ethyl adjacent to an activating group) is 1. The number of piperazine rings is 1. The molecule has 6 nitrogen and oxygen atoms in total. The number of hydrogen-bond acceptors (Lipinski definition) is 6. The van der Waals surface area contributed by atoms with Crippen molar-refractivity contribution in [3.05, 3.63) is 47.4 Å². The molecule has 2 aromatic rings. The third-order valence-electron chi connectivity index (χ3n) is 4.70. The summed E-state index contributed by atoms with van der Waals surface area (Å²) in [6.45, 7) is 6.41. The lowest BCUT2D eigenvalue weighted by molar-refractivity contribution is 0.206. The van der Waals surface area contributed by atoms with Crippen molar-refractivity contribution in [2.45, 2.75) is 6.54 Å². The molecule has 1 aliphatic heterocycles. The highest BCUT2D eigenvalue weighted by Crippen LogP contribution is 2.25. The molecular formula is C19H26ClN5O. The van der Waals surface area contributed by atoms with Crippen LogP contribution in [0.5, 0.6) is 0 Å². The van der Waals surface area contributed by atoms with Crippen LogP contribution in [0.3, 0.4) is 0 Å². The van der Waals surface area contributed by atoms with Crippen LogP contribution >= 0.6 is 11.6 Å². The second kappa shape index (κ2) is 9.16. The first-order chi connectivity index (χ1) is 12.7. The maximum absolute atomic E-state index is 6.26. The molecule has 2 aromatic heterocycles. The van der Waals surface area contributed by atoms with Gasteiger partial charge in [0.15, 0.2) is 0 Å². The molecule has 0 aliphatic carbocycles. The fraction of sp³-hybridized carbons (Fsp3) is 0.474. The van der Waals surface area contributed by atoms with Crippen molar-refractivity contribution in [2.75, 3.05) is 63.3 Å². The molecule has 7 heteroatoms. The van der Waals surface area contributed by atoms with Gasteiger partial charge in [0.05, 0.1) is 17.3 Å². The van der Waals surface area contributed by atoms with Gasteiger partial charge in [0.1, 0.15) is 5.82 Å². The topological polar surface area (TPSA) is 44.7 Å². The van der Waals surface area contributed by atoms with Crippen molar-refractivity contribution in [1.82, 2.24) is 14.9 Å². The van der Waals surface area contributed by atoms with E-state index >= 15 is 0 Å². The standard InChI is InChI=1S/C19H26ClN5O/c1-23(11-12-26-2)19-4-3-16(13-22-19)15-24-7-9-25(10-8-24)18-5-6-21-14-17(18)20/h3-6,13-14H,7-12,15H2,1-2H3. The molecule has 0 spiro atoms. The van der Waals surface area contributed by atoms with Crippen LogP contribution in [0, 0.1) is 0 Å². The van der Waals surface area contributed by atoms with Crippen molar-refractivity contribution in [3.63, 3.8) is 0 Å². The van der Waals surface area contributed by atoms with Gasteiger partial charge in [-0.3, -0.25) is 9.88 Å². The van der Waals surface area contributed by atoms with Gasteiger partial charge in [-0.1, -0.05) is 17.7 Å². The average Bonchev–Trinajstić information content (AvgIpc) is 2.68. The van der Waals surface area contributed by atoms with E-state index in [9.17, 15) is 0 Å². The van der Waals surface area contributed by atoms with E-state index in [0.29, 0.717) is 6.61 Å². The van der Waals surface area contributed by atoms with Crippen LogP contribution < -0.4 is 9.80 Å². The van der Waals surface area contributed by atoms with E-state index < -0.39 is 0 Å². The molecule has 26 heavy (non-hydrogen) atoms. The van der Waals surface area contributed by atoms with Gasteiger partial charge in [0, 0.05) is 72.0 Å². The molecule has 1 aliphatic rings. The minimum absolute atomic E-state index is 0.700. The molecule has 0 amide bonds. The highest BCUT2D eigenvalue weighted by molar-refractivity contribution is 6.33. The number of pyridine rings is 2. The number of nitrogens with zero attached hydrogens (tertiary/aromatic N) is 5. The Hall–Kier alpha value is -1.89. The number of rotatable bonds is 7. The zero-order valence-corrected chi connectivity index (χ0v) is 16.2. The number of methoxy groups -OCH3 is 1. The van der Waals surface area contributed by atoms with Gasteiger partial charge < -0.3 is 14.5 Å². The van der Waals surface area contributed by atoms with Crippen LogP contribution in [0.2, 0.25) is 5.02 Å². The van der Waals surface area contributed by atoms with Gasteiger partial charge in [-0.15, -0.1) is 0 Å². The Morgan fingerprint density at radius 1 is 1.15 bits per heavy atom. The molecule has 3 heterocycles. The Morgan fingerprint density at radius 2 is 1.96 bits per heavy atom. The summed E-state index contributed by atoms with van der Waals surface area (Å²) in [6, 6.07) is 6.23. The molecule has 0 atom stereocenters. The molecule has 0 aromatic carbocycles. The molecule has 140 valence electrons. The van der Waals surface area contributed by atoms with E-state index in [4.69, 9.17) is 16.3 Å². The summed E-state index contributed by atoms with van der Waals surface area (Å²) < 4.78 is 5.11. The van der Waals surface area contributed by atoms with Gasteiger partial charge >= 0.3 is 0 Å². The molecular weight excluding hydrogens is 350 g/mol. The second-order valence-corrected chi connectivity index (χ2v) is 6.94. The minimum atomic E-state index is 0.700. The van der Waals surface area contributed by atoms with Crippen molar-refractivity contribution in [3.8, 4) is 0 Å². The summed E-state index contributed by atoms with van der Waals surface area (Å²) in [5, 5.41) is 0.721. The zero-order chi connectivity index (χ0) is 18.4. The van der Waals surface area contributed by atoms with Gasteiger partial charge in [-0.05, 0) is 17.7 Å². The van der Waals surface area contributed by atoms with Crippen LogP contribution in [0.1, 0.15) is 5.56 Å².